The molecule has 2 heterocycles. The van der Waals surface area contributed by atoms with Gasteiger partial charge >= 0.3 is 0 Å². The molecule has 30 heavy (non-hydrogen) atoms. The molecular weight excluding hydrogens is 493 g/mol. The van der Waals surface area contributed by atoms with Crippen LogP contribution in [0.4, 0.5) is 0 Å². The zero-order valence-electron chi connectivity index (χ0n) is 18.2. The fraction of sp³-hybridized carbons (Fsp3) is 0.545. The van der Waals surface area contributed by atoms with Crippen molar-refractivity contribution >= 4 is 29.9 Å². The minimum absolute atomic E-state index is 0. The quantitative estimate of drug-likeness (QED) is 0.322. The average Bonchev–Trinajstić information content (AvgIpc) is 3.24. The van der Waals surface area contributed by atoms with E-state index in [4.69, 9.17) is 14.3 Å². The second kappa shape index (κ2) is 12.8. The van der Waals surface area contributed by atoms with E-state index in [1.54, 1.807) is 6.26 Å². The third kappa shape index (κ3) is 7.46. The Hall–Kier alpha value is -1.81. The highest BCUT2D eigenvalue weighted by molar-refractivity contribution is 14.0. The molecule has 1 aromatic carbocycles. The molecule has 0 atom stereocenters. The third-order valence-electron chi connectivity index (χ3n) is 4.83. The lowest BCUT2D eigenvalue weighted by molar-refractivity contribution is 0.169. The summed E-state index contributed by atoms with van der Waals surface area (Å²) in [6, 6.07) is 10.1. The van der Waals surface area contributed by atoms with Gasteiger partial charge in [0.15, 0.2) is 5.96 Å². The summed E-state index contributed by atoms with van der Waals surface area (Å²) in [7, 11) is 0. The molecule has 0 bridgehead atoms. The van der Waals surface area contributed by atoms with Crippen LogP contribution >= 0.6 is 24.0 Å². The smallest absolute Gasteiger partial charge is 0.194 e. The van der Waals surface area contributed by atoms with Crippen LogP contribution in [0.15, 0.2) is 46.1 Å². The molecule has 1 aromatic heterocycles. The summed E-state index contributed by atoms with van der Waals surface area (Å²) in [6.45, 7) is 13.3. The standard InChI is InChI=1S/C22H33N5O2.HI/c1-4-23-22(24-15-19-7-5-6-8-21(19)28-17-18(2)3)27-12-10-26(11-13-27)16-20-9-14-29-25-20;/h5-9,14,18H,4,10-13,15-17H2,1-3H3,(H,23,24);1H. The first kappa shape index (κ1) is 24.5. The van der Waals surface area contributed by atoms with Crippen molar-refractivity contribution in [2.45, 2.75) is 33.9 Å². The summed E-state index contributed by atoms with van der Waals surface area (Å²) in [5.41, 5.74) is 2.10. The number of hydrogen-bond acceptors (Lipinski definition) is 5. The summed E-state index contributed by atoms with van der Waals surface area (Å²) in [6.07, 6.45) is 1.63. The summed E-state index contributed by atoms with van der Waals surface area (Å²) >= 11 is 0. The lowest BCUT2D eigenvalue weighted by atomic mass is 10.2. The van der Waals surface area contributed by atoms with Crippen molar-refractivity contribution in [3.05, 3.63) is 47.9 Å². The normalized spacial score (nSPS) is 15.2. The van der Waals surface area contributed by atoms with Crippen LogP contribution in [0.25, 0.3) is 0 Å². The maximum Gasteiger partial charge on any atom is 0.194 e. The molecule has 1 saturated heterocycles. The molecule has 1 aliphatic rings. The molecular formula is C22H34IN5O2. The van der Waals surface area contributed by atoms with E-state index in [9.17, 15) is 0 Å². The van der Waals surface area contributed by atoms with Gasteiger partial charge in [0.05, 0.1) is 18.8 Å². The van der Waals surface area contributed by atoms with Crippen molar-refractivity contribution in [1.82, 2.24) is 20.3 Å². The van der Waals surface area contributed by atoms with Crippen LogP contribution in [0.1, 0.15) is 32.0 Å². The number of aromatic nitrogens is 1. The number of rotatable bonds is 8. The number of guanidine groups is 1. The lowest BCUT2D eigenvalue weighted by Gasteiger charge is -2.36. The fourth-order valence-electron chi connectivity index (χ4n) is 3.28. The summed E-state index contributed by atoms with van der Waals surface area (Å²) in [4.78, 5) is 9.63. The maximum absolute atomic E-state index is 5.98. The molecule has 0 aliphatic carbocycles. The number of aliphatic imine (C=N–C) groups is 1. The highest BCUT2D eigenvalue weighted by Gasteiger charge is 2.20. The van der Waals surface area contributed by atoms with Crippen LogP contribution in [0, 0.1) is 5.92 Å². The van der Waals surface area contributed by atoms with E-state index in [0.717, 1.165) is 62.2 Å². The topological polar surface area (TPSA) is 66.1 Å². The SMILES string of the molecule is CCNC(=NCc1ccccc1OCC(C)C)N1CCN(Cc2ccon2)CC1.I. The highest BCUT2D eigenvalue weighted by atomic mass is 127. The molecule has 0 radical (unpaired) electrons. The molecule has 8 heteroatoms. The molecule has 0 amide bonds. The van der Waals surface area contributed by atoms with Gasteiger partial charge in [0.2, 0.25) is 0 Å². The number of hydrogen-bond donors (Lipinski definition) is 1. The second-order valence-corrected chi connectivity index (χ2v) is 7.74. The van der Waals surface area contributed by atoms with Gasteiger partial charge in [-0.15, -0.1) is 24.0 Å². The zero-order valence-corrected chi connectivity index (χ0v) is 20.5. The van der Waals surface area contributed by atoms with E-state index in [1.165, 1.54) is 0 Å². The Morgan fingerprint density at radius 3 is 2.63 bits per heavy atom. The molecule has 0 unspecified atom stereocenters. The van der Waals surface area contributed by atoms with Crippen LogP contribution in [0.3, 0.4) is 0 Å². The first-order valence-electron chi connectivity index (χ1n) is 10.5. The molecule has 7 nitrogen and oxygen atoms in total. The van der Waals surface area contributed by atoms with E-state index in [0.29, 0.717) is 19.1 Å². The Kier molecular flexibility index (Phi) is 10.4. The van der Waals surface area contributed by atoms with Crippen molar-refractivity contribution in [2.75, 3.05) is 39.3 Å². The van der Waals surface area contributed by atoms with Gasteiger partial charge in [-0.2, -0.15) is 0 Å². The van der Waals surface area contributed by atoms with Gasteiger partial charge in [-0.1, -0.05) is 37.2 Å². The number of nitrogens with one attached hydrogen (secondary N) is 1. The monoisotopic (exact) mass is 527 g/mol. The van der Waals surface area contributed by atoms with Crippen molar-refractivity contribution in [3.8, 4) is 5.75 Å². The summed E-state index contributed by atoms with van der Waals surface area (Å²) in [5, 5.41) is 7.45. The van der Waals surface area contributed by atoms with E-state index >= 15 is 0 Å². The number of halogens is 1. The van der Waals surface area contributed by atoms with Crippen LogP contribution in [0.2, 0.25) is 0 Å². The van der Waals surface area contributed by atoms with Gasteiger partial charge in [-0.25, -0.2) is 4.99 Å². The number of benzene rings is 1. The van der Waals surface area contributed by atoms with Gasteiger partial charge in [0.1, 0.15) is 12.0 Å². The zero-order chi connectivity index (χ0) is 20.5. The summed E-state index contributed by atoms with van der Waals surface area (Å²) in [5.74, 6) is 2.39. The van der Waals surface area contributed by atoms with Gasteiger partial charge in [-0.3, -0.25) is 4.90 Å². The van der Waals surface area contributed by atoms with Crippen molar-refractivity contribution in [2.24, 2.45) is 10.9 Å². The van der Waals surface area contributed by atoms with Crippen LogP contribution in [-0.2, 0) is 13.1 Å². The molecule has 1 N–H and O–H groups in total. The Morgan fingerprint density at radius 1 is 1.20 bits per heavy atom. The first-order valence-corrected chi connectivity index (χ1v) is 10.5. The lowest BCUT2D eigenvalue weighted by Crippen LogP contribution is -2.52. The minimum Gasteiger partial charge on any atom is -0.493 e. The Bertz CT molecular complexity index is 759. The first-order chi connectivity index (χ1) is 14.2. The van der Waals surface area contributed by atoms with E-state index in [1.807, 2.05) is 24.3 Å². The minimum atomic E-state index is 0. The predicted octanol–water partition coefficient (Wildman–Crippen LogP) is 3.61. The van der Waals surface area contributed by atoms with Crippen molar-refractivity contribution in [3.63, 3.8) is 0 Å². The molecule has 1 aliphatic heterocycles. The third-order valence-corrected chi connectivity index (χ3v) is 4.83. The van der Waals surface area contributed by atoms with E-state index < -0.39 is 0 Å². The molecule has 166 valence electrons. The number of nitrogens with zero attached hydrogens (tertiary/aromatic N) is 4. The van der Waals surface area contributed by atoms with E-state index in [2.05, 4.69) is 47.1 Å². The molecule has 2 aromatic rings. The Balaban J connectivity index is 0.00000320. The number of para-hydroxylation sites is 1. The predicted molar refractivity (Wildman–Crippen MR) is 130 cm³/mol. The largest absolute Gasteiger partial charge is 0.493 e. The highest BCUT2D eigenvalue weighted by Crippen LogP contribution is 2.20. The maximum atomic E-state index is 5.98. The van der Waals surface area contributed by atoms with Crippen LogP contribution < -0.4 is 10.1 Å². The Labute approximate surface area is 196 Å². The van der Waals surface area contributed by atoms with E-state index in [-0.39, 0.29) is 24.0 Å². The Morgan fingerprint density at radius 2 is 1.97 bits per heavy atom. The second-order valence-electron chi connectivity index (χ2n) is 7.74. The number of ether oxygens (including phenoxy) is 1. The van der Waals surface area contributed by atoms with Gasteiger partial charge in [0, 0.05) is 50.9 Å². The molecule has 1 fully saturated rings. The number of piperazine rings is 1. The molecule has 3 rings (SSSR count). The van der Waals surface area contributed by atoms with Crippen LogP contribution in [-0.4, -0.2) is 60.2 Å². The fourth-order valence-corrected chi connectivity index (χ4v) is 3.28. The average molecular weight is 527 g/mol. The van der Waals surface area contributed by atoms with Gasteiger partial charge < -0.3 is 19.5 Å². The van der Waals surface area contributed by atoms with Crippen LogP contribution in [0.5, 0.6) is 5.75 Å². The summed E-state index contributed by atoms with van der Waals surface area (Å²) < 4.78 is 10.9. The van der Waals surface area contributed by atoms with Gasteiger partial charge in [0.25, 0.3) is 0 Å². The van der Waals surface area contributed by atoms with Crippen molar-refractivity contribution in [1.29, 1.82) is 0 Å². The van der Waals surface area contributed by atoms with Crippen molar-refractivity contribution < 1.29 is 9.26 Å². The molecule has 0 spiro atoms. The van der Waals surface area contributed by atoms with Gasteiger partial charge in [-0.05, 0) is 18.9 Å². The molecule has 0 saturated carbocycles.